The number of para-hydroxylation sites is 1. The Kier molecular flexibility index (Phi) is 4.94. The van der Waals surface area contributed by atoms with Gasteiger partial charge in [0, 0.05) is 24.3 Å². The van der Waals surface area contributed by atoms with Gasteiger partial charge in [0.15, 0.2) is 0 Å². The van der Waals surface area contributed by atoms with E-state index < -0.39 is 0 Å². The van der Waals surface area contributed by atoms with Gasteiger partial charge in [0.2, 0.25) is 0 Å². The monoisotopic (exact) mass is 285 g/mol. The van der Waals surface area contributed by atoms with E-state index in [0.717, 1.165) is 19.1 Å². The lowest BCUT2D eigenvalue weighted by Gasteiger charge is -2.31. The van der Waals surface area contributed by atoms with Gasteiger partial charge in [-0.05, 0) is 63.0 Å². The largest absolute Gasteiger partial charge is 0.347 e. The van der Waals surface area contributed by atoms with E-state index in [-0.39, 0.29) is 0 Å². The molecule has 3 rings (SSSR count). The Labute approximate surface area is 127 Å². The molecule has 21 heavy (non-hydrogen) atoms. The lowest BCUT2D eigenvalue weighted by atomic mass is 10.1. The molecule has 2 heterocycles. The van der Waals surface area contributed by atoms with Gasteiger partial charge in [-0.15, -0.1) is 0 Å². The summed E-state index contributed by atoms with van der Waals surface area (Å²) < 4.78 is 2.37. The van der Waals surface area contributed by atoms with Crippen molar-refractivity contribution in [2.45, 2.75) is 38.8 Å². The molecule has 1 aliphatic heterocycles. The van der Waals surface area contributed by atoms with Crippen molar-refractivity contribution in [1.29, 1.82) is 0 Å². The molecule has 0 saturated carbocycles. The van der Waals surface area contributed by atoms with Crippen molar-refractivity contribution >= 4 is 10.9 Å². The molecule has 1 N–H and O–H groups in total. The number of hydrogen-bond acceptors (Lipinski definition) is 2. The molecule has 0 bridgehead atoms. The van der Waals surface area contributed by atoms with Gasteiger partial charge < -0.3 is 14.8 Å². The number of benzene rings is 1. The second kappa shape index (κ2) is 7.10. The molecule has 0 aliphatic carbocycles. The van der Waals surface area contributed by atoms with Gasteiger partial charge in [-0.3, -0.25) is 0 Å². The molecule has 0 radical (unpaired) electrons. The summed E-state index contributed by atoms with van der Waals surface area (Å²) in [5.74, 6) is 0. The van der Waals surface area contributed by atoms with Crippen molar-refractivity contribution in [2.75, 3.05) is 26.2 Å². The van der Waals surface area contributed by atoms with Crippen LogP contribution in [0.1, 0.15) is 26.2 Å². The number of likely N-dealkylation sites (tertiary alicyclic amines) is 1. The van der Waals surface area contributed by atoms with Crippen LogP contribution in [0.5, 0.6) is 0 Å². The normalized spacial score (nSPS) is 17.6. The summed E-state index contributed by atoms with van der Waals surface area (Å²) in [7, 11) is 0. The highest BCUT2D eigenvalue weighted by Gasteiger charge is 2.16. The molecule has 1 aliphatic rings. The first kappa shape index (κ1) is 14.6. The zero-order chi connectivity index (χ0) is 14.5. The zero-order valence-corrected chi connectivity index (χ0v) is 13.1. The maximum atomic E-state index is 3.74. The van der Waals surface area contributed by atoms with Crippen LogP contribution in [0.15, 0.2) is 36.5 Å². The second-order valence-corrected chi connectivity index (χ2v) is 6.08. The summed E-state index contributed by atoms with van der Waals surface area (Å²) in [6.45, 7) is 8.22. The van der Waals surface area contributed by atoms with Crippen LogP contribution in [0.4, 0.5) is 0 Å². The summed E-state index contributed by atoms with van der Waals surface area (Å²) in [4.78, 5) is 2.55. The predicted molar refractivity (Wildman–Crippen MR) is 89.7 cm³/mol. The number of nitrogens with one attached hydrogen (secondary N) is 1. The lowest BCUT2D eigenvalue weighted by Crippen LogP contribution is -2.42. The molecule has 1 aromatic heterocycles. The van der Waals surface area contributed by atoms with Crippen molar-refractivity contribution in [2.24, 2.45) is 0 Å². The minimum Gasteiger partial charge on any atom is -0.347 e. The number of rotatable bonds is 6. The van der Waals surface area contributed by atoms with E-state index in [1.54, 1.807) is 0 Å². The smallest absolute Gasteiger partial charge is 0.0480 e. The first-order valence-corrected chi connectivity index (χ1v) is 8.36. The topological polar surface area (TPSA) is 20.2 Å². The van der Waals surface area contributed by atoms with Crippen LogP contribution in [0.2, 0.25) is 0 Å². The van der Waals surface area contributed by atoms with Gasteiger partial charge in [-0.2, -0.15) is 0 Å². The number of piperidine rings is 1. The molecule has 1 fully saturated rings. The molecule has 114 valence electrons. The van der Waals surface area contributed by atoms with E-state index in [0.29, 0.717) is 0 Å². The number of aryl methyl sites for hydroxylation is 1. The fourth-order valence-corrected chi connectivity index (χ4v) is 3.34. The Morgan fingerprint density at radius 3 is 2.76 bits per heavy atom. The predicted octanol–water partition coefficient (Wildman–Crippen LogP) is 3.11. The summed E-state index contributed by atoms with van der Waals surface area (Å²) in [5, 5.41) is 5.08. The minimum atomic E-state index is 0.731. The highest BCUT2D eigenvalue weighted by atomic mass is 15.1. The van der Waals surface area contributed by atoms with Crippen molar-refractivity contribution in [3.05, 3.63) is 36.5 Å². The van der Waals surface area contributed by atoms with Gasteiger partial charge in [-0.1, -0.05) is 25.1 Å². The molecule has 0 unspecified atom stereocenters. The Morgan fingerprint density at radius 1 is 1.14 bits per heavy atom. The lowest BCUT2D eigenvalue weighted by molar-refractivity contribution is 0.206. The summed E-state index contributed by atoms with van der Waals surface area (Å²) in [5.41, 5.74) is 1.36. The Bertz CT molecular complexity index is 552. The zero-order valence-electron chi connectivity index (χ0n) is 13.1. The van der Waals surface area contributed by atoms with Crippen LogP contribution in [-0.2, 0) is 6.54 Å². The third-order valence-electron chi connectivity index (χ3n) is 4.72. The molecular formula is C18H27N3. The van der Waals surface area contributed by atoms with E-state index in [1.807, 2.05) is 0 Å². The standard InChI is InChI=1S/C18H27N3/c1-2-20-13-9-17(10-14-20)19-11-5-12-21-15-8-16-6-3-4-7-18(16)21/h3-4,6-8,15,17,19H,2,5,9-14H2,1H3. The molecule has 1 aromatic carbocycles. The number of aromatic nitrogens is 1. The molecule has 0 atom stereocenters. The first-order valence-electron chi connectivity index (χ1n) is 8.36. The number of fused-ring (bicyclic) bond motifs is 1. The van der Waals surface area contributed by atoms with E-state index >= 15 is 0 Å². The Balaban J connectivity index is 1.41. The van der Waals surface area contributed by atoms with Gasteiger partial charge in [0.25, 0.3) is 0 Å². The maximum Gasteiger partial charge on any atom is 0.0480 e. The van der Waals surface area contributed by atoms with Gasteiger partial charge in [0.05, 0.1) is 0 Å². The highest BCUT2D eigenvalue weighted by molar-refractivity contribution is 5.79. The van der Waals surface area contributed by atoms with E-state index in [4.69, 9.17) is 0 Å². The van der Waals surface area contributed by atoms with Crippen LogP contribution < -0.4 is 5.32 Å². The average Bonchev–Trinajstić information content (AvgIpc) is 2.95. The van der Waals surface area contributed by atoms with E-state index in [2.05, 4.69) is 58.2 Å². The van der Waals surface area contributed by atoms with Crippen molar-refractivity contribution < 1.29 is 0 Å². The number of nitrogens with zero attached hydrogens (tertiary/aromatic N) is 2. The fourth-order valence-electron chi connectivity index (χ4n) is 3.34. The third-order valence-corrected chi connectivity index (χ3v) is 4.72. The van der Waals surface area contributed by atoms with Crippen LogP contribution in [0.3, 0.4) is 0 Å². The van der Waals surface area contributed by atoms with E-state index in [9.17, 15) is 0 Å². The average molecular weight is 285 g/mol. The molecular weight excluding hydrogens is 258 g/mol. The van der Waals surface area contributed by atoms with Gasteiger partial charge in [-0.25, -0.2) is 0 Å². The van der Waals surface area contributed by atoms with Crippen molar-refractivity contribution in [3.8, 4) is 0 Å². The maximum absolute atomic E-state index is 3.74. The van der Waals surface area contributed by atoms with Crippen LogP contribution in [-0.4, -0.2) is 41.7 Å². The SMILES string of the molecule is CCN1CCC(NCCCn2ccc3ccccc32)CC1. The van der Waals surface area contributed by atoms with Crippen LogP contribution in [0.25, 0.3) is 10.9 Å². The molecule has 3 nitrogen and oxygen atoms in total. The van der Waals surface area contributed by atoms with Crippen LogP contribution >= 0.6 is 0 Å². The minimum absolute atomic E-state index is 0.731. The Hall–Kier alpha value is -1.32. The highest BCUT2D eigenvalue weighted by Crippen LogP contribution is 2.15. The molecule has 1 saturated heterocycles. The third kappa shape index (κ3) is 3.66. The summed E-state index contributed by atoms with van der Waals surface area (Å²) in [6, 6.07) is 11.6. The molecule has 2 aromatic rings. The molecule has 3 heteroatoms. The number of hydrogen-bond donors (Lipinski definition) is 1. The van der Waals surface area contributed by atoms with E-state index in [1.165, 1.54) is 49.8 Å². The fraction of sp³-hybridized carbons (Fsp3) is 0.556. The second-order valence-electron chi connectivity index (χ2n) is 6.08. The van der Waals surface area contributed by atoms with Gasteiger partial charge in [0.1, 0.15) is 0 Å². The Morgan fingerprint density at radius 2 is 1.95 bits per heavy atom. The molecule has 0 amide bonds. The first-order chi connectivity index (χ1) is 10.4. The van der Waals surface area contributed by atoms with Crippen LogP contribution in [0, 0.1) is 0 Å². The summed E-state index contributed by atoms with van der Waals surface area (Å²) >= 11 is 0. The molecule has 0 spiro atoms. The summed E-state index contributed by atoms with van der Waals surface area (Å²) in [6.07, 6.45) is 6.03. The van der Waals surface area contributed by atoms with Crippen molar-refractivity contribution in [1.82, 2.24) is 14.8 Å². The van der Waals surface area contributed by atoms with Crippen molar-refractivity contribution in [3.63, 3.8) is 0 Å². The van der Waals surface area contributed by atoms with Gasteiger partial charge >= 0.3 is 0 Å². The quantitative estimate of drug-likeness (QED) is 0.823.